The van der Waals surface area contributed by atoms with Gasteiger partial charge in [-0.1, -0.05) is 0 Å². The van der Waals surface area contributed by atoms with Crippen LogP contribution in [-0.2, 0) is 9.53 Å². The molecule has 1 amide bonds. The maximum Gasteiger partial charge on any atom is 0.236 e. The van der Waals surface area contributed by atoms with Crippen LogP contribution < -0.4 is 5.32 Å². The molecule has 1 rings (SSSR count). The van der Waals surface area contributed by atoms with Gasteiger partial charge >= 0.3 is 0 Å². The van der Waals surface area contributed by atoms with Gasteiger partial charge in [0, 0.05) is 26.3 Å². The Kier molecular flexibility index (Phi) is 9.08. The Bertz CT molecular complexity index is 461. The molecule has 1 aromatic rings. The highest BCUT2D eigenvalue weighted by atomic mass is 35.5. The van der Waals surface area contributed by atoms with E-state index in [0.29, 0.717) is 13.2 Å². The van der Waals surface area contributed by atoms with E-state index >= 15 is 0 Å². The van der Waals surface area contributed by atoms with Crippen molar-refractivity contribution in [2.75, 3.05) is 33.9 Å². The summed E-state index contributed by atoms with van der Waals surface area (Å²) in [6.07, 6.45) is 0. The second-order valence-corrected chi connectivity index (χ2v) is 4.52. The Morgan fingerprint density at radius 1 is 1.43 bits per heavy atom. The zero-order chi connectivity index (χ0) is 15.1. The average molecular weight is 323 g/mol. The lowest BCUT2D eigenvalue weighted by Crippen LogP contribution is -2.38. The van der Waals surface area contributed by atoms with Crippen LogP contribution >= 0.6 is 12.4 Å². The first-order chi connectivity index (χ1) is 9.47. The van der Waals surface area contributed by atoms with Gasteiger partial charge in [0.1, 0.15) is 11.6 Å². The topological polar surface area (TPSA) is 41.6 Å². The minimum Gasteiger partial charge on any atom is -0.383 e. The van der Waals surface area contributed by atoms with E-state index < -0.39 is 17.7 Å². The van der Waals surface area contributed by atoms with Gasteiger partial charge in [0.05, 0.1) is 19.2 Å². The van der Waals surface area contributed by atoms with Crippen LogP contribution in [-0.4, -0.2) is 44.7 Å². The molecule has 0 aromatic heterocycles. The molecule has 1 atom stereocenters. The van der Waals surface area contributed by atoms with Crippen molar-refractivity contribution in [1.29, 1.82) is 0 Å². The Morgan fingerprint density at radius 3 is 2.71 bits per heavy atom. The summed E-state index contributed by atoms with van der Waals surface area (Å²) in [5, 5.41) is 2.92. The summed E-state index contributed by atoms with van der Waals surface area (Å²) in [5.74, 6) is -1.24. The molecule has 0 fully saturated rings. The van der Waals surface area contributed by atoms with Crippen LogP contribution in [0.1, 0.15) is 18.5 Å². The van der Waals surface area contributed by atoms with Crippen molar-refractivity contribution in [1.82, 2.24) is 10.2 Å². The fourth-order valence-corrected chi connectivity index (χ4v) is 1.75. The standard InChI is InChI=1S/C14H20F2N2O2.ClH/c1-10(12-8-11(15)4-5-13(12)16)18(2)14(19)9-17-6-7-20-3;/h4-5,8,10,17H,6-7,9H2,1-3H3;1H. The van der Waals surface area contributed by atoms with Crippen molar-refractivity contribution in [2.24, 2.45) is 0 Å². The lowest BCUT2D eigenvalue weighted by molar-refractivity contribution is -0.130. The summed E-state index contributed by atoms with van der Waals surface area (Å²) in [6.45, 7) is 2.84. The van der Waals surface area contributed by atoms with Crippen molar-refractivity contribution < 1.29 is 18.3 Å². The van der Waals surface area contributed by atoms with Crippen LogP contribution in [0.2, 0.25) is 0 Å². The highest BCUT2D eigenvalue weighted by Gasteiger charge is 2.20. The van der Waals surface area contributed by atoms with E-state index in [-0.39, 0.29) is 30.4 Å². The molecule has 0 aliphatic rings. The molecule has 0 spiro atoms. The predicted octanol–water partition coefficient (Wildman–Crippen LogP) is 2.14. The number of carbonyl (C=O) groups excluding carboxylic acids is 1. The molecule has 0 saturated carbocycles. The lowest BCUT2D eigenvalue weighted by atomic mass is 10.1. The second kappa shape index (κ2) is 9.65. The number of methoxy groups -OCH3 is 1. The van der Waals surface area contributed by atoms with Crippen molar-refractivity contribution in [2.45, 2.75) is 13.0 Å². The Hall–Kier alpha value is -1.24. The van der Waals surface area contributed by atoms with Crippen molar-refractivity contribution in [3.63, 3.8) is 0 Å². The molecule has 0 radical (unpaired) electrons. The molecule has 1 aromatic carbocycles. The van der Waals surface area contributed by atoms with Gasteiger partial charge in [-0.05, 0) is 25.1 Å². The molecule has 0 aliphatic carbocycles. The molecule has 1 N–H and O–H groups in total. The maximum atomic E-state index is 13.7. The quantitative estimate of drug-likeness (QED) is 0.782. The first-order valence-electron chi connectivity index (χ1n) is 6.37. The number of hydrogen-bond donors (Lipinski definition) is 1. The van der Waals surface area contributed by atoms with Gasteiger partial charge in [0.15, 0.2) is 0 Å². The number of benzene rings is 1. The monoisotopic (exact) mass is 322 g/mol. The minimum atomic E-state index is -0.539. The van der Waals surface area contributed by atoms with Crippen LogP contribution in [0.3, 0.4) is 0 Å². The van der Waals surface area contributed by atoms with Gasteiger partial charge < -0.3 is 15.0 Å². The summed E-state index contributed by atoms with van der Waals surface area (Å²) in [6, 6.07) is 2.69. The third-order valence-electron chi connectivity index (χ3n) is 3.14. The third-order valence-corrected chi connectivity index (χ3v) is 3.14. The smallest absolute Gasteiger partial charge is 0.236 e. The number of rotatable bonds is 7. The van der Waals surface area contributed by atoms with Gasteiger partial charge in [-0.3, -0.25) is 4.79 Å². The summed E-state index contributed by atoms with van der Waals surface area (Å²) < 4.78 is 31.7. The molecular weight excluding hydrogens is 302 g/mol. The van der Waals surface area contributed by atoms with Crippen LogP contribution in [0.15, 0.2) is 18.2 Å². The highest BCUT2D eigenvalue weighted by molar-refractivity contribution is 5.85. The van der Waals surface area contributed by atoms with E-state index in [1.165, 1.54) is 4.90 Å². The average Bonchev–Trinajstić information content (AvgIpc) is 2.44. The SMILES string of the molecule is COCCNCC(=O)N(C)C(C)c1cc(F)ccc1F.Cl. The van der Waals surface area contributed by atoms with Crippen LogP contribution in [0.25, 0.3) is 0 Å². The fourth-order valence-electron chi connectivity index (χ4n) is 1.75. The Balaban J connectivity index is 0.00000400. The van der Waals surface area contributed by atoms with Gasteiger partial charge in [-0.15, -0.1) is 12.4 Å². The van der Waals surface area contributed by atoms with Gasteiger partial charge in [0.2, 0.25) is 5.91 Å². The van der Waals surface area contributed by atoms with Crippen LogP contribution in [0.4, 0.5) is 8.78 Å². The third kappa shape index (κ3) is 5.95. The number of nitrogens with one attached hydrogen (secondary N) is 1. The van der Waals surface area contributed by atoms with E-state index in [1.54, 1.807) is 21.1 Å². The molecule has 0 aliphatic heterocycles. The lowest BCUT2D eigenvalue weighted by Gasteiger charge is -2.26. The first kappa shape index (κ1) is 19.8. The Morgan fingerprint density at radius 2 is 2.10 bits per heavy atom. The Labute approximate surface area is 129 Å². The van der Waals surface area contributed by atoms with Gasteiger partial charge in [0.25, 0.3) is 0 Å². The predicted molar refractivity (Wildman–Crippen MR) is 79.5 cm³/mol. The second-order valence-electron chi connectivity index (χ2n) is 4.52. The molecule has 4 nitrogen and oxygen atoms in total. The van der Waals surface area contributed by atoms with Crippen LogP contribution in [0, 0.1) is 11.6 Å². The fraction of sp³-hybridized carbons (Fsp3) is 0.500. The summed E-state index contributed by atoms with van der Waals surface area (Å²) in [7, 11) is 3.14. The van der Waals surface area contributed by atoms with Crippen molar-refractivity contribution in [3.05, 3.63) is 35.4 Å². The van der Waals surface area contributed by atoms with Gasteiger partial charge in [-0.2, -0.15) is 0 Å². The summed E-state index contributed by atoms with van der Waals surface area (Å²) in [5.41, 5.74) is 0.165. The number of carbonyl (C=O) groups is 1. The van der Waals surface area contributed by atoms with E-state index in [4.69, 9.17) is 4.74 Å². The summed E-state index contributed by atoms with van der Waals surface area (Å²) in [4.78, 5) is 13.3. The number of ether oxygens (including phenoxy) is 1. The van der Waals surface area contributed by atoms with E-state index in [9.17, 15) is 13.6 Å². The molecule has 0 saturated heterocycles. The van der Waals surface area contributed by atoms with Gasteiger partial charge in [-0.25, -0.2) is 8.78 Å². The zero-order valence-corrected chi connectivity index (χ0v) is 13.2. The largest absolute Gasteiger partial charge is 0.383 e. The minimum absolute atomic E-state index is 0. The van der Waals surface area contributed by atoms with Crippen LogP contribution in [0.5, 0.6) is 0 Å². The molecule has 0 heterocycles. The van der Waals surface area contributed by atoms with Crippen molar-refractivity contribution in [3.8, 4) is 0 Å². The first-order valence-corrected chi connectivity index (χ1v) is 6.37. The molecule has 7 heteroatoms. The van der Waals surface area contributed by atoms with Crippen molar-refractivity contribution >= 4 is 18.3 Å². The molecule has 1 unspecified atom stereocenters. The van der Waals surface area contributed by atoms with E-state index in [1.807, 2.05) is 0 Å². The number of amides is 1. The number of hydrogen-bond acceptors (Lipinski definition) is 3. The number of halogens is 3. The normalized spacial score (nSPS) is 11.7. The highest BCUT2D eigenvalue weighted by Crippen LogP contribution is 2.22. The van der Waals surface area contributed by atoms with E-state index in [0.717, 1.165) is 18.2 Å². The van der Waals surface area contributed by atoms with E-state index in [2.05, 4.69) is 5.32 Å². The molecule has 120 valence electrons. The maximum absolute atomic E-state index is 13.7. The number of nitrogens with zero attached hydrogens (tertiary/aromatic N) is 1. The number of likely N-dealkylation sites (N-methyl/N-ethyl adjacent to an activating group) is 1. The molecular formula is C14H21ClF2N2O2. The molecule has 21 heavy (non-hydrogen) atoms. The zero-order valence-electron chi connectivity index (χ0n) is 12.4. The summed E-state index contributed by atoms with van der Waals surface area (Å²) >= 11 is 0. The molecule has 0 bridgehead atoms.